The zero-order valence-electron chi connectivity index (χ0n) is 8.66. The number of fused-ring (bicyclic) bond motifs is 3. The Morgan fingerprint density at radius 2 is 1.94 bits per heavy atom. The fourth-order valence-corrected chi connectivity index (χ4v) is 3.68. The van der Waals surface area contributed by atoms with Crippen molar-refractivity contribution in [3.63, 3.8) is 0 Å². The van der Waals surface area contributed by atoms with Gasteiger partial charge in [-0.15, -0.1) is 11.3 Å². The lowest BCUT2D eigenvalue weighted by Gasteiger charge is -2.01. The summed E-state index contributed by atoms with van der Waals surface area (Å²) in [6, 6.07) is 12.4. The van der Waals surface area contributed by atoms with E-state index in [4.69, 9.17) is 4.74 Å². The van der Waals surface area contributed by atoms with E-state index in [2.05, 4.69) is 40.2 Å². The second-order valence-electron chi connectivity index (χ2n) is 3.55. The van der Waals surface area contributed by atoms with Gasteiger partial charge < -0.3 is 4.74 Å². The van der Waals surface area contributed by atoms with Gasteiger partial charge in [0.15, 0.2) is 0 Å². The van der Waals surface area contributed by atoms with Gasteiger partial charge in [-0.1, -0.05) is 18.2 Å². The molecule has 3 heteroatoms. The van der Waals surface area contributed by atoms with E-state index in [0.717, 1.165) is 10.2 Å². The maximum absolute atomic E-state index is 5.43. The first-order valence-electron chi connectivity index (χ1n) is 4.95. The van der Waals surface area contributed by atoms with Crippen molar-refractivity contribution in [1.82, 2.24) is 0 Å². The first kappa shape index (κ1) is 10.1. The molecule has 0 unspecified atom stereocenters. The predicted octanol–water partition coefficient (Wildman–Crippen LogP) is 4.83. The van der Waals surface area contributed by atoms with Gasteiger partial charge in [0.05, 0.1) is 7.11 Å². The van der Waals surface area contributed by atoms with Gasteiger partial charge in [-0.3, -0.25) is 0 Å². The van der Waals surface area contributed by atoms with E-state index in [0.29, 0.717) is 0 Å². The van der Waals surface area contributed by atoms with Crippen LogP contribution in [-0.2, 0) is 0 Å². The van der Waals surface area contributed by atoms with Crippen molar-refractivity contribution in [3.8, 4) is 5.75 Å². The van der Waals surface area contributed by atoms with E-state index in [9.17, 15) is 0 Å². The van der Waals surface area contributed by atoms with Crippen molar-refractivity contribution in [1.29, 1.82) is 0 Å². The SMILES string of the molecule is COc1cccc2sc3c(Br)cccc3c12. The highest BCUT2D eigenvalue weighted by Gasteiger charge is 2.10. The van der Waals surface area contributed by atoms with Crippen LogP contribution in [0.1, 0.15) is 0 Å². The number of ether oxygens (including phenoxy) is 1. The Hall–Kier alpha value is -1.06. The average molecular weight is 293 g/mol. The number of rotatable bonds is 1. The van der Waals surface area contributed by atoms with Crippen molar-refractivity contribution in [3.05, 3.63) is 40.9 Å². The lowest BCUT2D eigenvalue weighted by molar-refractivity contribution is 0.420. The van der Waals surface area contributed by atoms with Crippen LogP contribution in [0.4, 0.5) is 0 Å². The molecule has 80 valence electrons. The summed E-state index contributed by atoms with van der Waals surface area (Å²) in [5.74, 6) is 0.946. The number of hydrogen-bond donors (Lipinski definition) is 0. The maximum Gasteiger partial charge on any atom is 0.128 e. The van der Waals surface area contributed by atoms with Crippen LogP contribution in [0.15, 0.2) is 40.9 Å². The van der Waals surface area contributed by atoms with Gasteiger partial charge in [0.25, 0.3) is 0 Å². The number of hydrogen-bond acceptors (Lipinski definition) is 2. The Labute approximate surface area is 106 Å². The molecule has 3 rings (SSSR count). The zero-order valence-corrected chi connectivity index (χ0v) is 11.1. The molecule has 0 bridgehead atoms. The number of benzene rings is 2. The fourth-order valence-electron chi connectivity index (χ4n) is 1.95. The fraction of sp³-hybridized carbons (Fsp3) is 0.0769. The molecule has 0 aliphatic carbocycles. The quantitative estimate of drug-likeness (QED) is 0.624. The Balaban J connectivity index is 2.57. The van der Waals surface area contributed by atoms with Gasteiger partial charge in [0.2, 0.25) is 0 Å². The Bertz CT molecular complexity index is 672. The van der Waals surface area contributed by atoms with Crippen LogP contribution in [-0.4, -0.2) is 7.11 Å². The molecule has 2 aromatic carbocycles. The normalized spacial score (nSPS) is 11.1. The van der Waals surface area contributed by atoms with Crippen LogP contribution in [0.3, 0.4) is 0 Å². The first-order chi connectivity index (χ1) is 7.81. The lowest BCUT2D eigenvalue weighted by atomic mass is 10.1. The molecule has 3 aromatic rings. The predicted molar refractivity (Wildman–Crippen MR) is 73.6 cm³/mol. The van der Waals surface area contributed by atoms with Crippen molar-refractivity contribution in [2.45, 2.75) is 0 Å². The van der Waals surface area contributed by atoms with Crippen LogP contribution in [0.25, 0.3) is 20.2 Å². The smallest absolute Gasteiger partial charge is 0.128 e. The summed E-state index contributed by atoms with van der Waals surface area (Å²) >= 11 is 5.38. The molecule has 0 aliphatic heterocycles. The minimum atomic E-state index is 0.946. The molecule has 1 nitrogen and oxygen atoms in total. The highest BCUT2D eigenvalue weighted by Crippen LogP contribution is 2.41. The highest BCUT2D eigenvalue weighted by atomic mass is 79.9. The summed E-state index contributed by atoms with van der Waals surface area (Å²) < 4.78 is 9.12. The molecular formula is C13H9BrOS. The van der Waals surface area contributed by atoms with Crippen LogP contribution in [0.2, 0.25) is 0 Å². The van der Waals surface area contributed by atoms with Crippen molar-refractivity contribution in [2.24, 2.45) is 0 Å². The Morgan fingerprint density at radius 3 is 2.75 bits per heavy atom. The minimum Gasteiger partial charge on any atom is -0.496 e. The van der Waals surface area contributed by atoms with Gasteiger partial charge in [0.1, 0.15) is 5.75 Å². The van der Waals surface area contributed by atoms with Crippen LogP contribution >= 0.6 is 27.3 Å². The van der Waals surface area contributed by atoms with Gasteiger partial charge in [-0.2, -0.15) is 0 Å². The summed E-state index contributed by atoms with van der Waals surface area (Å²) in [4.78, 5) is 0. The van der Waals surface area contributed by atoms with E-state index in [1.54, 1.807) is 18.4 Å². The third-order valence-corrected chi connectivity index (χ3v) is 4.78. The summed E-state index contributed by atoms with van der Waals surface area (Å²) in [6.45, 7) is 0. The van der Waals surface area contributed by atoms with Crippen molar-refractivity contribution in [2.75, 3.05) is 7.11 Å². The second-order valence-corrected chi connectivity index (χ2v) is 5.46. The van der Waals surface area contributed by atoms with E-state index < -0.39 is 0 Å². The van der Waals surface area contributed by atoms with Crippen molar-refractivity contribution >= 4 is 47.4 Å². The van der Waals surface area contributed by atoms with Crippen molar-refractivity contribution < 1.29 is 4.74 Å². The standard InChI is InChI=1S/C13H9BrOS/c1-15-10-6-3-7-11-12(10)8-4-2-5-9(14)13(8)16-11/h2-7H,1H3. The largest absolute Gasteiger partial charge is 0.496 e. The molecule has 1 aromatic heterocycles. The topological polar surface area (TPSA) is 9.23 Å². The van der Waals surface area contributed by atoms with Gasteiger partial charge in [0, 0.05) is 24.6 Å². The van der Waals surface area contributed by atoms with Crippen LogP contribution < -0.4 is 4.74 Å². The third kappa shape index (κ3) is 1.35. The van der Waals surface area contributed by atoms with E-state index >= 15 is 0 Å². The molecule has 0 fully saturated rings. The Kier molecular flexibility index (Phi) is 2.37. The second kappa shape index (κ2) is 3.75. The molecular weight excluding hydrogens is 284 g/mol. The third-order valence-electron chi connectivity index (χ3n) is 2.66. The molecule has 1 heterocycles. The van der Waals surface area contributed by atoms with Gasteiger partial charge in [-0.05, 0) is 34.1 Å². The molecule has 0 aliphatic rings. The minimum absolute atomic E-state index is 0.946. The number of methoxy groups -OCH3 is 1. The van der Waals surface area contributed by atoms with E-state index in [-0.39, 0.29) is 0 Å². The maximum atomic E-state index is 5.43. The van der Waals surface area contributed by atoms with E-state index in [1.165, 1.54) is 20.2 Å². The van der Waals surface area contributed by atoms with Gasteiger partial charge in [-0.25, -0.2) is 0 Å². The first-order valence-corrected chi connectivity index (χ1v) is 6.56. The number of thiophene rings is 1. The Morgan fingerprint density at radius 1 is 1.12 bits per heavy atom. The molecule has 0 saturated heterocycles. The van der Waals surface area contributed by atoms with Crippen LogP contribution in [0, 0.1) is 0 Å². The highest BCUT2D eigenvalue weighted by molar-refractivity contribution is 9.10. The molecule has 0 radical (unpaired) electrons. The summed E-state index contributed by atoms with van der Waals surface area (Å²) in [5.41, 5.74) is 0. The molecule has 16 heavy (non-hydrogen) atoms. The average Bonchev–Trinajstić information content (AvgIpc) is 2.69. The molecule has 0 atom stereocenters. The lowest BCUT2D eigenvalue weighted by Crippen LogP contribution is -1.82. The van der Waals surface area contributed by atoms with E-state index in [1.807, 2.05) is 12.1 Å². The summed E-state index contributed by atoms with van der Waals surface area (Å²) in [6.07, 6.45) is 0. The van der Waals surface area contributed by atoms with Gasteiger partial charge >= 0.3 is 0 Å². The molecule has 0 saturated carbocycles. The monoisotopic (exact) mass is 292 g/mol. The number of halogens is 1. The molecule has 0 amide bonds. The zero-order chi connectivity index (χ0) is 11.1. The molecule has 0 spiro atoms. The summed E-state index contributed by atoms with van der Waals surface area (Å²) in [7, 11) is 1.72. The van der Waals surface area contributed by atoms with Crippen LogP contribution in [0.5, 0.6) is 5.75 Å². The summed E-state index contributed by atoms with van der Waals surface area (Å²) in [5, 5.41) is 2.47. The molecule has 0 N–H and O–H groups in total.